The van der Waals surface area contributed by atoms with E-state index in [2.05, 4.69) is 35.3 Å². The fraction of sp³-hybridized carbons (Fsp3) is 0.556. The van der Waals surface area contributed by atoms with Crippen LogP contribution in [-0.2, 0) is 6.54 Å². The number of fused-ring (bicyclic) bond motifs is 3. The molecule has 2 heterocycles. The molecular weight excluding hydrogens is 246 g/mol. The molecule has 2 nitrogen and oxygen atoms in total. The summed E-state index contributed by atoms with van der Waals surface area (Å²) in [7, 11) is 0. The Kier molecular flexibility index (Phi) is 3.27. The number of allylic oxidation sites excluding steroid dienone is 2. The summed E-state index contributed by atoms with van der Waals surface area (Å²) in [5, 5.41) is 0. The van der Waals surface area contributed by atoms with Gasteiger partial charge in [0, 0.05) is 18.0 Å². The van der Waals surface area contributed by atoms with Gasteiger partial charge in [-0.1, -0.05) is 24.3 Å². The Hall–Kier alpha value is -1.28. The van der Waals surface area contributed by atoms with Crippen molar-refractivity contribution in [1.82, 2.24) is 4.90 Å². The molecule has 2 aliphatic heterocycles. The molecule has 0 amide bonds. The highest BCUT2D eigenvalue weighted by atomic mass is 16.5. The average Bonchev–Trinajstić information content (AvgIpc) is 3.00. The summed E-state index contributed by atoms with van der Waals surface area (Å²) in [6, 6.07) is 6.65. The van der Waals surface area contributed by atoms with Crippen LogP contribution < -0.4 is 4.74 Å². The van der Waals surface area contributed by atoms with Crippen LogP contribution in [0, 0.1) is 5.92 Å². The monoisotopic (exact) mass is 269 g/mol. The van der Waals surface area contributed by atoms with Crippen LogP contribution in [0.25, 0.3) is 0 Å². The molecule has 20 heavy (non-hydrogen) atoms. The molecule has 0 aromatic heterocycles. The van der Waals surface area contributed by atoms with Crippen molar-refractivity contribution in [2.45, 2.75) is 38.1 Å². The molecule has 0 radical (unpaired) electrons. The van der Waals surface area contributed by atoms with Crippen LogP contribution in [0.5, 0.6) is 5.75 Å². The Morgan fingerprint density at radius 2 is 1.95 bits per heavy atom. The first-order chi connectivity index (χ1) is 9.92. The number of ether oxygens (including phenoxy) is 1. The van der Waals surface area contributed by atoms with Crippen molar-refractivity contribution in [1.29, 1.82) is 0 Å². The van der Waals surface area contributed by atoms with Crippen LogP contribution in [0.15, 0.2) is 30.4 Å². The first-order valence-corrected chi connectivity index (χ1v) is 8.04. The molecule has 0 spiro atoms. The van der Waals surface area contributed by atoms with Crippen LogP contribution in [0.3, 0.4) is 0 Å². The van der Waals surface area contributed by atoms with Crippen molar-refractivity contribution >= 4 is 0 Å². The quantitative estimate of drug-likeness (QED) is 0.759. The molecule has 1 aliphatic carbocycles. The fourth-order valence-corrected chi connectivity index (χ4v) is 4.06. The second-order valence-corrected chi connectivity index (χ2v) is 6.43. The molecule has 2 unspecified atom stereocenters. The van der Waals surface area contributed by atoms with Crippen molar-refractivity contribution in [3.05, 3.63) is 41.5 Å². The molecule has 4 rings (SSSR count). The van der Waals surface area contributed by atoms with Crippen molar-refractivity contribution in [3.8, 4) is 5.75 Å². The van der Waals surface area contributed by atoms with Gasteiger partial charge in [0.05, 0.1) is 6.61 Å². The molecular formula is C18H23NO. The van der Waals surface area contributed by atoms with Gasteiger partial charge in [-0.15, -0.1) is 0 Å². The SMILES string of the molecule is C1=CCC2c3c(CN4CCCC4)cccc3OCC2C1. The molecule has 2 atom stereocenters. The van der Waals surface area contributed by atoms with Crippen molar-refractivity contribution in [2.24, 2.45) is 5.92 Å². The third-order valence-electron chi connectivity index (χ3n) is 5.14. The summed E-state index contributed by atoms with van der Waals surface area (Å²) < 4.78 is 6.05. The van der Waals surface area contributed by atoms with Gasteiger partial charge in [0.25, 0.3) is 0 Å². The van der Waals surface area contributed by atoms with E-state index in [-0.39, 0.29) is 0 Å². The highest BCUT2D eigenvalue weighted by molar-refractivity contribution is 5.45. The second kappa shape index (κ2) is 5.25. The van der Waals surface area contributed by atoms with E-state index in [1.54, 1.807) is 0 Å². The van der Waals surface area contributed by atoms with Crippen LogP contribution >= 0.6 is 0 Å². The average molecular weight is 269 g/mol. The predicted molar refractivity (Wildman–Crippen MR) is 81.1 cm³/mol. The first-order valence-electron chi connectivity index (χ1n) is 8.04. The summed E-state index contributed by atoms with van der Waals surface area (Å²) in [6.07, 6.45) is 9.79. The third-order valence-corrected chi connectivity index (χ3v) is 5.14. The molecule has 2 heteroatoms. The molecule has 1 aromatic rings. The number of nitrogens with zero attached hydrogens (tertiary/aromatic N) is 1. The molecule has 0 bridgehead atoms. The van der Waals surface area contributed by atoms with Crippen molar-refractivity contribution in [2.75, 3.05) is 19.7 Å². The van der Waals surface area contributed by atoms with E-state index in [4.69, 9.17) is 4.74 Å². The molecule has 1 aromatic carbocycles. The minimum Gasteiger partial charge on any atom is -0.493 e. The molecule has 1 fully saturated rings. The maximum Gasteiger partial charge on any atom is 0.123 e. The molecule has 0 saturated carbocycles. The lowest BCUT2D eigenvalue weighted by Gasteiger charge is -2.36. The summed E-state index contributed by atoms with van der Waals surface area (Å²) in [5.41, 5.74) is 3.02. The van der Waals surface area contributed by atoms with Crippen LogP contribution in [0.4, 0.5) is 0 Å². The van der Waals surface area contributed by atoms with Crippen LogP contribution in [-0.4, -0.2) is 24.6 Å². The molecule has 3 aliphatic rings. The number of likely N-dealkylation sites (tertiary alicyclic amines) is 1. The van der Waals surface area contributed by atoms with Crippen molar-refractivity contribution < 1.29 is 4.74 Å². The van der Waals surface area contributed by atoms with E-state index in [0.29, 0.717) is 11.8 Å². The van der Waals surface area contributed by atoms with Gasteiger partial charge in [0.15, 0.2) is 0 Å². The van der Waals surface area contributed by atoms with Gasteiger partial charge in [-0.25, -0.2) is 0 Å². The Labute approximate surface area is 121 Å². The van der Waals surface area contributed by atoms with E-state index >= 15 is 0 Å². The van der Waals surface area contributed by atoms with Gasteiger partial charge in [-0.2, -0.15) is 0 Å². The molecule has 1 saturated heterocycles. The van der Waals surface area contributed by atoms with Crippen molar-refractivity contribution in [3.63, 3.8) is 0 Å². The zero-order valence-corrected chi connectivity index (χ0v) is 12.1. The van der Waals surface area contributed by atoms with Gasteiger partial charge in [-0.3, -0.25) is 4.90 Å². The Morgan fingerprint density at radius 1 is 1.10 bits per heavy atom. The Morgan fingerprint density at radius 3 is 2.85 bits per heavy atom. The number of hydrogen-bond donors (Lipinski definition) is 0. The second-order valence-electron chi connectivity index (χ2n) is 6.43. The lowest BCUT2D eigenvalue weighted by atomic mass is 9.75. The smallest absolute Gasteiger partial charge is 0.123 e. The van der Waals surface area contributed by atoms with E-state index in [0.717, 1.165) is 18.9 Å². The van der Waals surface area contributed by atoms with E-state index in [9.17, 15) is 0 Å². The number of hydrogen-bond acceptors (Lipinski definition) is 2. The lowest BCUT2D eigenvalue weighted by Crippen LogP contribution is -2.29. The van der Waals surface area contributed by atoms with E-state index in [1.807, 2.05) is 0 Å². The van der Waals surface area contributed by atoms with Crippen LogP contribution in [0.2, 0.25) is 0 Å². The highest BCUT2D eigenvalue weighted by Crippen LogP contribution is 2.44. The maximum absolute atomic E-state index is 6.05. The Balaban J connectivity index is 1.68. The van der Waals surface area contributed by atoms with Gasteiger partial charge < -0.3 is 4.74 Å². The summed E-state index contributed by atoms with van der Waals surface area (Å²) in [4.78, 5) is 2.60. The minimum absolute atomic E-state index is 0.683. The summed E-state index contributed by atoms with van der Waals surface area (Å²) in [6.45, 7) is 4.53. The summed E-state index contributed by atoms with van der Waals surface area (Å²) in [5.74, 6) is 2.52. The fourth-order valence-electron chi connectivity index (χ4n) is 4.06. The van der Waals surface area contributed by atoms with E-state index < -0.39 is 0 Å². The zero-order chi connectivity index (χ0) is 13.4. The maximum atomic E-state index is 6.05. The third kappa shape index (κ3) is 2.16. The van der Waals surface area contributed by atoms with Gasteiger partial charge in [0.2, 0.25) is 0 Å². The normalized spacial score (nSPS) is 28.8. The highest BCUT2D eigenvalue weighted by Gasteiger charge is 2.33. The zero-order valence-electron chi connectivity index (χ0n) is 12.1. The number of benzene rings is 1. The largest absolute Gasteiger partial charge is 0.493 e. The number of rotatable bonds is 2. The van der Waals surface area contributed by atoms with Gasteiger partial charge in [-0.05, 0) is 56.3 Å². The lowest BCUT2D eigenvalue weighted by molar-refractivity contribution is 0.187. The van der Waals surface area contributed by atoms with Gasteiger partial charge >= 0.3 is 0 Å². The minimum atomic E-state index is 0.683. The van der Waals surface area contributed by atoms with Gasteiger partial charge in [0.1, 0.15) is 5.75 Å². The standard InChI is InChI=1S/C18H23NO/c1-2-8-16-15(6-1)13-20-17-9-5-7-14(18(16)17)12-19-10-3-4-11-19/h1-2,5,7,9,15-16H,3-4,6,8,10-13H2. The Bertz CT molecular complexity index is 516. The first kappa shape index (κ1) is 12.5. The predicted octanol–water partition coefficient (Wildman–Crippen LogP) is 3.72. The van der Waals surface area contributed by atoms with E-state index in [1.165, 1.54) is 49.9 Å². The molecule has 106 valence electrons. The van der Waals surface area contributed by atoms with Crippen LogP contribution in [0.1, 0.15) is 42.7 Å². The summed E-state index contributed by atoms with van der Waals surface area (Å²) >= 11 is 0. The topological polar surface area (TPSA) is 12.5 Å². The molecule has 0 N–H and O–H groups in total.